The molecule has 102 valence electrons. The van der Waals surface area contributed by atoms with E-state index in [-0.39, 0.29) is 23.5 Å². The van der Waals surface area contributed by atoms with Gasteiger partial charge in [-0.3, -0.25) is 9.59 Å². The molecule has 3 N–H and O–H groups in total. The van der Waals surface area contributed by atoms with E-state index in [1.807, 2.05) is 0 Å². The SMILES string of the molecule is Cc1cc(C(=O)N2CCC(C(N)=O)CC2)ccc1O. The number of benzene rings is 1. The molecule has 0 radical (unpaired) electrons. The second-order valence-electron chi connectivity index (χ2n) is 4.97. The van der Waals surface area contributed by atoms with Crippen LogP contribution in [-0.4, -0.2) is 34.9 Å². The Morgan fingerprint density at radius 2 is 1.95 bits per heavy atom. The van der Waals surface area contributed by atoms with Crippen LogP contribution < -0.4 is 5.73 Å². The van der Waals surface area contributed by atoms with Crippen molar-refractivity contribution in [2.45, 2.75) is 19.8 Å². The summed E-state index contributed by atoms with van der Waals surface area (Å²) in [6.07, 6.45) is 1.25. The van der Waals surface area contributed by atoms with Crippen LogP contribution in [0.2, 0.25) is 0 Å². The minimum atomic E-state index is -0.285. The van der Waals surface area contributed by atoms with Gasteiger partial charge in [-0.2, -0.15) is 0 Å². The maximum atomic E-state index is 12.3. The van der Waals surface area contributed by atoms with Gasteiger partial charge in [-0.15, -0.1) is 0 Å². The van der Waals surface area contributed by atoms with Gasteiger partial charge >= 0.3 is 0 Å². The lowest BCUT2D eigenvalue weighted by molar-refractivity contribution is -0.123. The van der Waals surface area contributed by atoms with Crippen LogP contribution in [0.15, 0.2) is 18.2 Å². The van der Waals surface area contributed by atoms with Crippen LogP contribution in [0.3, 0.4) is 0 Å². The standard InChI is InChI=1S/C14H18N2O3/c1-9-8-11(2-3-12(9)17)14(19)16-6-4-10(5-7-16)13(15)18/h2-3,8,10,17H,4-7H2,1H3,(H2,15,18). The molecule has 1 saturated heterocycles. The number of phenols is 1. The summed E-state index contributed by atoms with van der Waals surface area (Å²) in [6.45, 7) is 2.85. The maximum absolute atomic E-state index is 12.3. The normalized spacial score (nSPS) is 16.4. The van der Waals surface area contributed by atoms with Crippen LogP contribution in [0.1, 0.15) is 28.8 Å². The van der Waals surface area contributed by atoms with E-state index < -0.39 is 0 Å². The largest absolute Gasteiger partial charge is 0.508 e. The van der Waals surface area contributed by atoms with Gasteiger partial charge in [0.25, 0.3) is 5.91 Å². The first kappa shape index (κ1) is 13.4. The summed E-state index contributed by atoms with van der Waals surface area (Å²) in [5, 5.41) is 9.46. The Morgan fingerprint density at radius 3 is 2.47 bits per heavy atom. The second kappa shape index (κ2) is 5.30. The van der Waals surface area contributed by atoms with Crippen molar-refractivity contribution in [3.8, 4) is 5.75 Å². The minimum absolute atomic E-state index is 0.0639. The number of aromatic hydroxyl groups is 1. The van der Waals surface area contributed by atoms with Crippen molar-refractivity contribution in [2.75, 3.05) is 13.1 Å². The molecule has 1 fully saturated rings. The molecule has 1 aromatic carbocycles. The topological polar surface area (TPSA) is 83.6 Å². The number of primary amides is 1. The van der Waals surface area contributed by atoms with Gasteiger partial charge < -0.3 is 15.7 Å². The molecule has 0 spiro atoms. The first-order valence-electron chi connectivity index (χ1n) is 6.37. The van der Waals surface area contributed by atoms with E-state index in [1.54, 1.807) is 24.0 Å². The monoisotopic (exact) mass is 262 g/mol. The lowest BCUT2D eigenvalue weighted by Gasteiger charge is -2.30. The summed E-state index contributed by atoms with van der Waals surface area (Å²) in [5.41, 5.74) is 6.51. The zero-order chi connectivity index (χ0) is 14.0. The molecule has 19 heavy (non-hydrogen) atoms. The van der Waals surface area contributed by atoms with Crippen molar-refractivity contribution >= 4 is 11.8 Å². The van der Waals surface area contributed by atoms with Crippen LogP contribution >= 0.6 is 0 Å². The van der Waals surface area contributed by atoms with E-state index in [0.717, 1.165) is 0 Å². The van der Waals surface area contributed by atoms with Crippen molar-refractivity contribution in [3.63, 3.8) is 0 Å². The van der Waals surface area contributed by atoms with E-state index in [9.17, 15) is 14.7 Å². The Labute approximate surface area is 112 Å². The number of likely N-dealkylation sites (tertiary alicyclic amines) is 1. The summed E-state index contributed by atoms with van der Waals surface area (Å²) in [7, 11) is 0. The van der Waals surface area contributed by atoms with Crippen LogP contribution in [0.5, 0.6) is 5.75 Å². The van der Waals surface area contributed by atoms with Crippen LogP contribution in [0.4, 0.5) is 0 Å². The molecular formula is C14H18N2O3. The fraction of sp³-hybridized carbons (Fsp3) is 0.429. The zero-order valence-electron chi connectivity index (χ0n) is 10.9. The predicted molar refractivity (Wildman–Crippen MR) is 70.7 cm³/mol. The molecule has 0 unspecified atom stereocenters. The lowest BCUT2D eigenvalue weighted by atomic mass is 9.95. The number of nitrogens with two attached hydrogens (primary N) is 1. The Balaban J connectivity index is 2.05. The fourth-order valence-electron chi connectivity index (χ4n) is 2.34. The first-order valence-corrected chi connectivity index (χ1v) is 6.37. The number of piperidine rings is 1. The number of carbonyl (C=O) groups is 2. The van der Waals surface area contributed by atoms with Gasteiger partial charge in [-0.1, -0.05) is 0 Å². The molecule has 1 aliphatic heterocycles. The Morgan fingerprint density at radius 1 is 1.32 bits per heavy atom. The lowest BCUT2D eigenvalue weighted by Crippen LogP contribution is -2.41. The molecule has 2 amide bonds. The Bertz CT molecular complexity index is 505. The van der Waals surface area contributed by atoms with Gasteiger partial charge in [0.2, 0.25) is 5.91 Å². The molecule has 0 aromatic heterocycles. The number of hydrogen-bond donors (Lipinski definition) is 2. The predicted octanol–water partition coefficient (Wildman–Crippen LogP) is 1.04. The molecule has 0 saturated carbocycles. The van der Waals surface area contributed by atoms with E-state index in [4.69, 9.17) is 5.73 Å². The molecule has 0 atom stereocenters. The highest BCUT2D eigenvalue weighted by Gasteiger charge is 2.26. The van der Waals surface area contributed by atoms with Gasteiger partial charge in [-0.25, -0.2) is 0 Å². The van der Waals surface area contributed by atoms with Crippen molar-refractivity contribution < 1.29 is 14.7 Å². The minimum Gasteiger partial charge on any atom is -0.508 e. The number of phenolic OH excluding ortho intramolecular Hbond substituents is 1. The summed E-state index contributed by atoms with van der Waals surface area (Å²) in [6, 6.07) is 4.82. The second-order valence-corrected chi connectivity index (χ2v) is 4.97. The third kappa shape index (κ3) is 2.86. The molecule has 5 nitrogen and oxygen atoms in total. The number of aryl methyl sites for hydroxylation is 1. The van der Waals surface area contributed by atoms with E-state index in [1.165, 1.54) is 6.07 Å². The van der Waals surface area contributed by atoms with E-state index in [0.29, 0.717) is 37.1 Å². The van der Waals surface area contributed by atoms with E-state index >= 15 is 0 Å². The van der Waals surface area contributed by atoms with Gasteiger partial charge in [0.1, 0.15) is 5.75 Å². The third-order valence-corrected chi connectivity index (χ3v) is 3.63. The van der Waals surface area contributed by atoms with Crippen LogP contribution in [-0.2, 0) is 4.79 Å². The molecule has 1 heterocycles. The van der Waals surface area contributed by atoms with Crippen molar-refractivity contribution in [3.05, 3.63) is 29.3 Å². The van der Waals surface area contributed by atoms with Gasteiger partial charge in [0, 0.05) is 24.6 Å². The first-order chi connectivity index (χ1) is 8.99. The number of hydrogen-bond acceptors (Lipinski definition) is 3. The van der Waals surface area contributed by atoms with E-state index in [2.05, 4.69) is 0 Å². The smallest absolute Gasteiger partial charge is 0.253 e. The number of amides is 2. The van der Waals surface area contributed by atoms with Gasteiger partial charge in [0.15, 0.2) is 0 Å². The maximum Gasteiger partial charge on any atom is 0.253 e. The number of carbonyl (C=O) groups excluding carboxylic acids is 2. The average molecular weight is 262 g/mol. The average Bonchev–Trinajstić information content (AvgIpc) is 2.41. The van der Waals surface area contributed by atoms with Gasteiger partial charge in [-0.05, 0) is 43.5 Å². The molecule has 2 rings (SSSR count). The quantitative estimate of drug-likeness (QED) is 0.835. The third-order valence-electron chi connectivity index (χ3n) is 3.63. The number of nitrogens with zero attached hydrogens (tertiary/aromatic N) is 1. The van der Waals surface area contributed by atoms with Crippen molar-refractivity contribution in [1.29, 1.82) is 0 Å². The van der Waals surface area contributed by atoms with Crippen molar-refractivity contribution in [2.24, 2.45) is 11.7 Å². The highest BCUT2D eigenvalue weighted by Crippen LogP contribution is 2.21. The van der Waals surface area contributed by atoms with Crippen LogP contribution in [0.25, 0.3) is 0 Å². The molecule has 0 aliphatic carbocycles. The summed E-state index contributed by atoms with van der Waals surface area (Å²) < 4.78 is 0. The van der Waals surface area contributed by atoms with Gasteiger partial charge in [0.05, 0.1) is 0 Å². The molecule has 1 aliphatic rings. The highest BCUT2D eigenvalue weighted by molar-refractivity contribution is 5.94. The molecule has 0 bridgehead atoms. The molecule has 1 aromatic rings. The summed E-state index contributed by atoms with van der Waals surface area (Å²) >= 11 is 0. The van der Waals surface area contributed by atoms with Crippen molar-refractivity contribution in [1.82, 2.24) is 4.90 Å². The molecular weight excluding hydrogens is 244 g/mol. The Kier molecular flexibility index (Phi) is 3.74. The molecule has 5 heteroatoms. The zero-order valence-corrected chi connectivity index (χ0v) is 10.9. The highest BCUT2D eigenvalue weighted by atomic mass is 16.3. The number of rotatable bonds is 2. The summed E-state index contributed by atoms with van der Waals surface area (Å²) in [4.78, 5) is 25.1. The summed E-state index contributed by atoms with van der Waals surface area (Å²) in [5.74, 6) is -0.284. The Hall–Kier alpha value is -2.04. The fourth-order valence-corrected chi connectivity index (χ4v) is 2.34. The van der Waals surface area contributed by atoms with Crippen LogP contribution in [0, 0.1) is 12.8 Å².